The lowest BCUT2D eigenvalue weighted by Gasteiger charge is -2.07. The summed E-state index contributed by atoms with van der Waals surface area (Å²) in [6.45, 7) is 0. The summed E-state index contributed by atoms with van der Waals surface area (Å²) in [6.07, 6.45) is 1.22. The summed E-state index contributed by atoms with van der Waals surface area (Å²) in [5.74, 6) is -1.79. The zero-order valence-corrected chi connectivity index (χ0v) is 8.67. The van der Waals surface area contributed by atoms with E-state index in [-0.39, 0.29) is 5.78 Å². The molecule has 6 heteroatoms. The highest BCUT2D eigenvalue weighted by Crippen LogP contribution is 2.22. The van der Waals surface area contributed by atoms with Gasteiger partial charge in [-0.15, -0.1) is 0 Å². The number of carbonyl (C=O) groups excluding carboxylic acids is 2. The second-order valence-corrected chi connectivity index (χ2v) is 5.41. The quantitative estimate of drug-likeness (QED) is 0.610. The summed E-state index contributed by atoms with van der Waals surface area (Å²) < 4.78 is 27.2. The Bertz CT molecular complexity index is 343. The molecule has 0 heterocycles. The average Bonchev–Trinajstić information content (AvgIpc) is 2.51. The molecule has 1 aliphatic carbocycles. The van der Waals surface area contributed by atoms with Crippen molar-refractivity contribution in [3.05, 3.63) is 0 Å². The third-order valence-electron chi connectivity index (χ3n) is 2.23. The van der Waals surface area contributed by atoms with Crippen LogP contribution in [0.4, 0.5) is 0 Å². The summed E-state index contributed by atoms with van der Waals surface area (Å²) >= 11 is 0. The first kappa shape index (κ1) is 11.2. The van der Waals surface area contributed by atoms with Crippen LogP contribution in [0.1, 0.15) is 19.3 Å². The van der Waals surface area contributed by atoms with Gasteiger partial charge in [-0.25, -0.2) is 8.42 Å². The van der Waals surface area contributed by atoms with Gasteiger partial charge in [-0.1, -0.05) is 0 Å². The highest BCUT2D eigenvalue weighted by Gasteiger charge is 2.37. The fourth-order valence-corrected chi connectivity index (χ4v) is 3.18. The number of ether oxygens (including phenoxy) is 1. The number of methoxy groups -OCH3 is 1. The fraction of sp³-hybridized carbons (Fsp3) is 0.750. The highest BCUT2D eigenvalue weighted by molar-refractivity contribution is 7.93. The van der Waals surface area contributed by atoms with Gasteiger partial charge in [-0.3, -0.25) is 9.59 Å². The molecule has 0 bridgehead atoms. The van der Waals surface area contributed by atoms with Crippen LogP contribution in [0.3, 0.4) is 0 Å². The minimum absolute atomic E-state index is 0.283. The van der Waals surface area contributed by atoms with Gasteiger partial charge in [0.15, 0.2) is 15.6 Å². The molecule has 0 amide bonds. The lowest BCUT2D eigenvalue weighted by atomic mass is 10.3. The van der Waals surface area contributed by atoms with E-state index < -0.39 is 26.8 Å². The van der Waals surface area contributed by atoms with Gasteiger partial charge in [-0.05, 0) is 12.8 Å². The zero-order chi connectivity index (χ0) is 10.8. The van der Waals surface area contributed by atoms with Crippen molar-refractivity contribution in [1.29, 1.82) is 0 Å². The Labute approximate surface area is 82.4 Å². The molecule has 14 heavy (non-hydrogen) atoms. The monoisotopic (exact) mass is 220 g/mol. The molecule has 1 fully saturated rings. The van der Waals surface area contributed by atoms with Crippen molar-refractivity contribution in [1.82, 2.24) is 0 Å². The Morgan fingerprint density at radius 3 is 2.64 bits per heavy atom. The molecule has 1 unspecified atom stereocenters. The van der Waals surface area contributed by atoms with E-state index in [1.807, 2.05) is 0 Å². The van der Waals surface area contributed by atoms with Gasteiger partial charge in [0.05, 0.1) is 7.11 Å². The van der Waals surface area contributed by atoms with Crippen molar-refractivity contribution in [2.24, 2.45) is 0 Å². The summed E-state index contributed by atoms with van der Waals surface area (Å²) in [6, 6.07) is 0. The van der Waals surface area contributed by atoms with Crippen molar-refractivity contribution < 1.29 is 22.7 Å². The van der Waals surface area contributed by atoms with Gasteiger partial charge in [0.1, 0.15) is 11.0 Å². The number of sulfone groups is 1. The molecule has 1 rings (SSSR count). The Hall–Kier alpha value is -0.910. The number of esters is 1. The van der Waals surface area contributed by atoms with Crippen LogP contribution in [-0.4, -0.2) is 38.3 Å². The van der Waals surface area contributed by atoms with Crippen LogP contribution in [0.5, 0.6) is 0 Å². The van der Waals surface area contributed by atoms with Crippen molar-refractivity contribution in [2.45, 2.75) is 24.5 Å². The molecule has 0 spiro atoms. The lowest BCUT2D eigenvalue weighted by molar-refractivity contribution is -0.137. The predicted molar refractivity (Wildman–Crippen MR) is 48.4 cm³/mol. The lowest BCUT2D eigenvalue weighted by Crippen LogP contribution is -2.31. The standard InChI is InChI=1S/C8H12O5S/c1-13-8(10)5-14(11,12)7-4-2-3-6(7)9/h7H,2-5H2,1H3. The van der Waals surface area contributed by atoms with Gasteiger partial charge in [0.25, 0.3) is 0 Å². The first-order valence-electron chi connectivity index (χ1n) is 4.28. The molecule has 80 valence electrons. The van der Waals surface area contributed by atoms with Crippen LogP contribution in [0, 0.1) is 0 Å². The van der Waals surface area contributed by atoms with E-state index in [0.717, 1.165) is 7.11 Å². The minimum Gasteiger partial charge on any atom is -0.468 e. The number of Topliss-reactive ketones (excluding diaryl/α,β-unsaturated/α-hetero) is 1. The van der Waals surface area contributed by atoms with Gasteiger partial charge < -0.3 is 4.74 Å². The first-order chi connectivity index (χ1) is 6.47. The first-order valence-corrected chi connectivity index (χ1v) is 6.00. The fourth-order valence-electron chi connectivity index (χ4n) is 1.49. The van der Waals surface area contributed by atoms with E-state index >= 15 is 0 Å². The van der Waals surface area contributed by atoms with E-state index in [9.17, 15) is 18.0 Å². The van der Waals surface area contributed by atoms with Crippen LogP contribution in [-0.2, 0) is 24.2 Å². The van der Waals surface area contributed by atoms with Crippen molar-refractivity contribution in [3.8, 4) is 0 Å². The predicted octanol–water partition coefficient (Wildman–Crippen LogP) is -0.304. The smallest absolute Gasteiger partial charge is 0.320 e. The molecule has 0 aromatic carbocycles. The Morgan fingerprint density at radius 1 is 1.57 bits per heavy atom. The third kappa shape index (κ3) is 2.31. The van der Waals surface area contributed by atoms with Gasteiger partial charge >= 0.3 is 5.97 Å². The van der Waals surface area contributed by atoms with Crippen molar-refractivity contribution in [3.63, 3.8) is 0 Å². The van der Waals surface area contributed by atoms with E-state index in [1.165, 1.54) is 0 Å². The van der Waals surface area contributed by atoms with E-state index in [1.54, 1.807) is 0 Å². The molecule has 5 nitrogen and oxygen atoms in total. The summed E-state index contributed by atoms with van der Waals surface area (Å²) in [5.41, 5.74) is 0. The second kappa shape index (κ2) is 4.08. The molecule has 0 radical (unpaired) electrons. The van der Waals surface area contributed by atoms with Crippen LogP contribution in [0.25, 0.3) is 0 Å². The van der Waals surface area contributed by atoms with E-state index in [0.29, 0.717) is 19.3 Å². The van der Waals surface area contributed by atoms with Crippen LogP contribution in [0.15, 0.2) is 0 Å². The largest absolute Gasteiger partial charge is 0.468 e. The topological polar surface area (TPSA) is 77.5 Å². The highest BCUT2D eigenvalue weighted by atomic mass is 32.2. The maximum atomic E-state index is 11.5. The average molecular weight is 220 g/mol. The maximum Gasteiger partial charge on any atom is 0.320 e. The third-order valence-corrected chi connectivity index (χ3v) is 4.23. The number of hydrogen-bond acceptors (Lipinski definition) is 5. The molecule has 0 aromatic heterocycles. The molecule has 0 N–H and O–H groups in total. The minimum atomic E-state index is -3.64. The normalized spacial score (nSPS) is 22.4. The van der Waals surface area contributed by atoms with Crippen LogP contribution in [0.2, 0.25) is 0 Å². The molecule has 1 aliphatic rings. The molecular weight excluding hydrogens is 208 g/mol. The number of ketones is 1. The molecule has 1 atom stereocenters. The van der Waals surface area contributed by atoms with Gasteiger partial charge in [-0.2, -0.15) is 0 Å². The number of rotatable bonds is 3. The van der Waals surface area contributed by atoms with Gasteiger partial charge in [0, 0.05) is 6.42 Å². The second-order valence-electron chi connectivity index (χ2n) is 3.23. The molecule has 0 aromatic rings. The Balaban J connectivity index is 2.75. The van der Waals surface area contributed by atoms with Crippen molar-refractivity contribution in [2.75, 3.05) is 12.9 Å². The Kier molecular flexibility index (Phi) is 3.25. The molecule has 1 saturated carbocycles. The van der Waals surface area contributed by atoms with Crippen LogP contribution < -0.4 is 0 Å². The molecule has 0 saturated heterocycles. The van der Waals surface area contributed by atoms with Crippen LogP contribution >= 0.6 is 0 Å². The number of carbonyl (C=O) groups is 2. The number of hydrogen-bond donors (Lipinski definition) is 0. The van der Waals surface area contributed by atoms with E-state index in [4.69, 9.17) is 0 Å². The molecular formula is C8H12O5S. The van der Waals surface area contributed by atoms with Gasteiger partial charge in [0.2, 0.25) is 0 Å². The summed E-state index contributed by atoms with van der Waals surface area (Å²) in [4.78, 5) is 21.9. The SMILES string of the molecule is COC(=O)CS(=O)(=O)C1CCCC1=O. The summed E-state index contributed by atoms with van der Waals surface area (Å²) in [7, 11) is -2.53. The van der Waals surface area contributed by atoms with E-state index in [2.05, 4.69) is 4.74 Å². The zero-order valence-electron chi connectivity index (χ0n) is 7.86. The van der Waals surface area contributed by atoms with Crippen molar-refractivity contribution >= 4 is 21.6 Å². The maximum absolute atomic E-state index is 11.5. The Morgan fingerprint density at radius 2 is 2.21 bits per heavy atom. The summed E-state index contributed by atoms with van der Waals surface area (Å²) in [5, 5.41) is -0.985. The molecule has 0 aliphatic heterocycles.